The van der Waals surface area contributed by atoms with Crippen LogP contribution >= 0.6 is 0 Å². The average molecular weight is 438 g/mol. The van der Waals surface area contributed by atoms with Gasteiger partial charge in [-0.05, 0) is 26.0 Å². The van der Waals surface area contributed by atoms with Crippen molar-refractivity contribution in [1.29, 1.82) is 0 Å². The van der Waals surface area contributed by atoms with Crippen molar-refractivity contribution >= 4 is 0 Å². The van der Waals surface area contributed by atoms with Gasteiger partial charge in [-0.25, -0.2) is 8.78 Å². The number of rotatable bonds is 10. The van der Waals surface area contributed by atoms with Gasteiger partial charge >= 0.3 is 0 Å². The van der Waals surface area contributed by atoms with Gasteiger partial charge in [-0.2, -0.15) is 0 Å². The van der Waals surface area contributed by atoms with E-state index in [1.807, 2.05) is 0 Å². The van der Waals surface area contributed by atoms with Crippen LogP contribution in [0.1, 0.15) is 25.0 Å². The molecule has 2 aromatic carbocycles. The highest BCUT2D eigenvalue weighted by Gasteiger charge is 2.48. The molecule has 2 aromatic rings. The second kappa shape index (κ2) is 10.6. The zero-order chi connectivity index (χ0) is 22.4. The highest BCUT2D eigenvalue weighted by Crippen LogP contribution is 2.32. The van der Waals surface area contributed by atoms with E-state index in [4.69, 9.17) is 18.9 Å². The first-order valence-corrected chi connectivity index (χ1v) is 10.1. The van der Waals surface area contributed by atoms with Gasteiger partial charge in [0, 0.05) is 11.1 Å². The molecule has 3 rings (SSSR count). The molecule has 4 atom stereocenters. The van der Waals surface area contributed by atoms with Crippen molar-refractivity contribution in [2.75, 3.05) is 13.2 Å². The third-order valence-corrected chi connectivity index (χ3v) is 4.93. The van der Waals surface area contributed by atoms with Crippen molar-refractivity contribution in [1.82, 2.24) is 0 Å². The third-order valence-electron chi connectivity index (χ3n) is 4.93. The van der Waals surface area contributed by atoms with Gasteiger partial charge in [0.05, 0.1) is 26.4 Å². The Morgan fingerprint density at radius 3 is 1.58 bits per heavy atom. The van der Waals surface area contributed by atoms with Crippen molar-refractivity contribution in [3.05, 3.63) is 71.3 Å². The Labute approximate surface area is 180 Å². The molecule has 0 amide bonds. The predicted octanol–water partition coefficient (Wildman–Crippen LogP) is 2.94. The summed E-state index contributed by atoms with van der Waals surface area (Å²) in [5.74, 6) is -1.81. The Balaban J connectivity index is 1.52. The first-order chi connectivity index (χ1) is 14.8. The van der Waals surface area contributed by atoms with Gasteiger partial charge in [-0.15, -0.1) is 0 Å². The van der Waals surface area contributed by atoms with Gasteiger partial charge < -0.3 is 29.2 Å². The van der Waals surface area contributed by atoms with E-state index in [1.54, 1.807) is 50.2 Å². The lowest BCUT2D eigenvalue weighted by Crippen LogP contribution is -2.45. The van der Waals surface area contributed by atoms with E-state index >= 15 is 0 Å². The fourth-order valence-electron chi connectivity index (χ4n) is 3.41. The summed E-state index contributed by atoms with van der Waals surface area (Å²) < 4.78 is 49.8. The molecule has 0 aromatic heterocycles. The number of benzene rings is 2. The molecule has 0 radical (unpaired) electrons. The summed E-state index contributed by atoms with van der Waals surface area (Å²) in [4.78, 5) is 0. The zero-order valence-corrected chi connectivity index (χ0v) is 17.5. The summed E-state index contributed by atoms with van der Waals surface area (Å²) in [7, 11) is 0. The average Bonchev–Trinajstić information content (AvgIpc) is 3.06. The van der Waals surface area contributed by atoms with Crippen molar-refractivity contribution in [3.8, 4) is 0 Å². The minimum absolute atomic E-state index is 0.0142. The standard InChI is InChI=1S/C23H28F2O6/c1-23(2)30-21(19(26)13-28-11-15-7-3-5-9-17(15)24)22(31-23)20(27)14-29-12-16-8-4-6-10-18(16)25/h3-10,19-22,26-27H,11-14H2,1-2H3/t19-,20-,21-,22-/m1/s1. The van der Waals surface area contributed by atoms with Gasteiger partial charge in [-0.1, -0.05) is 36.4 Å². The van der Waals surface area contributed by atoms with Crippen LogP contribution in [0.5, 0.6) is 0 Å². The van der Waals surface area contributed by atoms with Crippen LogP contribution in [-0.4, -0.2) is 53.6 Å². The fraction of sp³-hybridized carbons (Fsp3) is 0.478. The molecule has 170 valence electrons. The second-order valence-electron chi connectivity index (χ2n) is 7.91. The van der Waals surface area contributed by atoms with Crippen LogP contribution in [-0.2, 0) is 32.2 Å². The molecule has 0 spiro atoms. The minimum atomic E-state index is -1.13. The van der Waals surface area contributed by atoms with Gasteiger partial charge in [0.15, 0.2) is 5.79 Å². The van der Waals surface area contributed by atoms with Crippen molar-refractivity contribution in [3.63, 3.8) is 0 Å². The third kappa shape index (κ3) is 6.52. The Morgan fingerprint density at radius 1 is 0.806 bits per heavy atom. The highest BCUT2D eigenvalue weighted by molar-refractivity contribution is 5.17. The molecule has 1 aliphatic rings. The molecule has 1 fully saturated rings. The maximum atomic E-state index is 13.7. The highest BCUT2D eigenvalue weighted by atomic mass is 19.1. The topological polar surface area (TPSA) is 77.4 Å². The number of aliphatic hydroxyl groups excluding tert-OH is 2. The van der Waals surface area contributed by atoms with E-state index in [9.17, 15) is 19.0 Å². The van der Waals surface area contributed by atoms with Crippen LogP contribution in [0.3, 0.4) is 0 Å². The van der Waals surface area contributed by atoms with E-state index in [2.05, 4.69) is 0 Å². The summed E-state index contributed by atoms with van der Waals surface area (Å²) >= 11 is 0. The molecule has 0 saturated carbocycles. The molecule has 0 bridgehead atoms. The number of aliphatic hydroxyl groups is 2. The summed E-state index contributed by atoms with van der Waals surface area (Å²) in [6.07, 6.45) is -4.02. The van der Waals surface area contributed by atoms with Gasteiger partial charge in [0.2, 0.25) is 0 Å². The van der Waals surface area contributed by atoms with Crippen LogP contribution in [0.25, 0.3) is 0 Å². The smallest absolute Gasteiger partial charge is 0.164 e. The Morgan fingerprint density at radius 2 is 1.19 bits per heavy atom. The molecule has 8 heteroatoms. The molecule has 1 saturated heterocycles. The van der Waals surface area contributed by atoms with Crippen LogP contribution in [0, 0.1) is 11.6 Å². The largest absolute Gasteiger partial charge is 0.388 e. The molecule has 1 heterocycles. The van der Waals surface area contributed by atoms with E-state index in [-0.39, 0.29) is 38.1 Å². The number of hydrogen-bond donors (Lipinski definition) is 2. The van der Waals surface area contributed by atoms with Crippen molar-refractivity contribution in [2.24, 2.45) is 0 Å². The number of ether oxygens (including phenoxy) is 4. The lowest BCUT2D eigenvalue weighted by Gasteiger charge is -2.25. The number of halogens is 2. The van der Waals surface area contributed by atoms with Crippen LogP contribution in [0.15, 0.2) is 48.5 Å². The second-order valence-corrected chi connectivity index (χ2v) is 7.91. The molecule has 6 nitrogen and oxygen atoms in total. The van der Waals surface area contributed by atoms with Crippen LogP contribution in [0.2, 0.25) is 0 Å². The van der Waals surface area contributed by atoms with E-state index < -0.39 is 30.2 Å². The SMILES string of the molecule is CC1(C)O[C@H]([C@H](O)COCc2ccccc2F)[C@@H]([C@H](O)COCc2ccccc2F)O1. The fourth-order valence-corrected chi connectivity index (χ4v) is 3.41. The Hall–Kier alpha value is -1.94. The summed E-state index contributed by atoms with van der Waals surface area (Å²) in [5.41, 5.74) is 0.744. The quantitative estimate of drug-likeness (QED) is 0.594. The normalized spacial score (nSPS) is 22.4. The monoisotopic (exact) mass is 438 g/mol. The molecule has 0 unspecified atom stereocenters. The molecule has 0 aliphatic carbocycles. The summed E-state index contributed by atoms with van der Waals surface area (Å²) in [6, 6.07) is 12.4. The Bertz CT molecular complexity index is 779. The molecular weight excluding hydrogens is 410 g/mol. The number of hydrogen-bond acceptors (Lipinski definition) is 6. The van der Waals surface area contributed by atoms with Gasteiger partial charge in [-0.3, -0.25) is 0 Å². The Kier molecular flexibility index (Phi) is 8.10. The van der Waals surface area contributed by atoms with E-state index in [1.165, 1.54) is 12.1 Å². The summed E-state index contributed by atoms with van der Waals surface area (Å²) in [5, 5.41) is 21.1. The predicted molar refractivity (Wildman–Crippen MR) is 108 cm³/mol. The lowest BCUT2D eigenvalue weighted by atomic mass is 10.0. The van der Waals surface area contributed by atoms with Crippen LogP contribution < -0.4 is 0 Å². The van der Waals surface area contributed by atoms with E-state index in [0.717, 1.165) is 0 Å². The van der Waals surface area contributed by atoms with Gasteiger partial charge in [0.25, 0.3) is 0 Å². The first kappa shape index (κ1) is 23.7. The molecule has 31 heavy (non-hydrogen) atoms. The molecular formula is C23H28F2O6. The maximum Gasteiger partial charge on any atom is 0.164 e. The molecule has 1 aliphatic heterocycles. The van der Waals surface area contributed by atoms with Gasteiger partial charge in [0.1, 0.15) is 36.1 Å². The summed E-state index contributed by atoms with van der Waals surface area (Å²) in [6.45, 7) is 3.02. The maximum absolute atomic E-state index is 13.7. The first-order valence-electron chi connectivity index (χ1n) is 10.1. The van der Waals surface area contributed by atoms with E-state index in [0.29, 0.717) is 11.1 Å². The minimum Gasteiger partial charge on any atom is -0.388 e. The molecule has 2 N–H and O–H groups in total. The van der Waals surface area contributed by atoms with Crippen molar-refractivity contribution in [2.45, 2.75) is 57.3 Å². The zero-order valence-electron chi connectivity index (χ0n) is 17.5. The lowest BCUT2D eigenvalue weighted by molar-refractivity contribution is -0.165. The van der Waals surface area contributed by atoms with Crippen LogP contribution in [0.4, 0.5) is 8.78 Å². The van der Waals surface area contributed by atoms with Crippen molar-refractivity contribution < 1.29 is 37.9 Å².